The maximum atomic E-state index is 11.7. The highest BCUT2D eigenvalue weighted by Crippen LogP contribution is 2.10. The highest BCUT2D eigenvalue weighted by atomic mass is 32.2. The van der Waals surface area contributed by atoms with E-state index in [0.717, 1.165) is 0 Å². The molecule has 0 spiro atoms. The number of hydrogen-bond acceptors (Lipinski definition) is 6. The Morgan fingerprint density at radius 3 is 1.82 bits per heavy atom. The van der Waals surface area contributed by atoms with Gasteiger partial charge < -0.3 is 14.2 Å². The molecule has 0 bridgehead atoms. The zero-order valence-electron chi connectivity index (χ0n) is 12.3. The molecular formula is C14H21FO6S. The Morgan fingerprint density at radius 2 is 1.27 bits per heavy atom. The van der Waals surface area contributed by atoms with Crippen molar-refractivity contribution in [3.8, 4) is 0 Å². The van der Waals surface area contributed by atoms with Crippen molar-refractivity contribution in [1.82, 2.24) is 0 Å². The first-order chi connectivity index (χ1) is 10.7. The molecule has 0 saturated carbocycles. The van der Waals surface area contributed by atoms with Crippen LogP contribution in [0.2, 0.25) is 0 Å². The topological polar surface area (TPSA) is 71.1 Å². The fourth-order valence-electron chi connectivity index (χ4n) is 1.45. The molecule has 0 N–H and O–H groups in total. The minimum absolute atomic E-state index is 0.0587. The smallest absolute Gasteiger partial charge is 0.297 e. The second-order valence-corrected chi connectivity index (χ2v) is 5.73. The highest BCUT2D eigenvalue weighted by molar-refractivity contribution is 7.86. The number of alkyl halides is 1. The fraction of sp³-hybridized carbons (Fsp3) is 0.571. The standard InChI is InChI=1S/C14H21FO6S/c15-6-7-18-8-9-19-10-11-20-12-13-21-22(16,17)14-4-2-1-3-5-14/h1-5H,6-13H2. The number of benzene rings is 1. The Labute approximate surface area is 130 Å². The van der Waals surface area contributed by atoms with Crippen LogP contribution in [-0.4, -0.2) is 61.3 Å². The third-order valence-corrected chi connectivity index (χ3v) is 3.79. The monoisotopic (exact) mass is 336 g/mol. The lowest BCUT2D eigenvalue weighted by Crippen LogP contribution is -2.14. The molecule has 0 saturated heterocycles. The summed E-state index contributed by atoms with van der Waals surface area (Å²) in [6.07, 6.45) is 0. The van der Waals surface area contributed by atoms with Crippen LogP contribution in [0.4, 0.5) is 4.39 Å². The van der Waals surface area contributed by atoms with Crippen molar-refractivity contribution in [2.45, 2.75) is 4.90 Å². The Bertz CT molecular complexity index is 479. The fourth-order valence-corrected chi connectivity index (χ4v) is 2.37. The quantitative estimate of drug-likeness (QED) is 0.401. The molecule has 0 aliphatic heterocycles. The summed E-state index contributed by atoms with van der Waals surface area (Å²) in [5.74, 6) is 0. The van der Waals surface area contributed by atoms with E-state index in [1.165, 1.54) is 12.1 Å². The van der Waals surface area contributed by atoms with E-state index in [2.05, 4.69) is 0 Å². The van der Waals surface area contributed by atoms with E-state index in [9.17, 15) is 12.8 Å². The highest BCUT2D eigenvalue weighted by Gasteiger charge is 2.13. The van der Waals surface area contributed by atoms with Crippen LogP contribution >= 0.6 is 0 Å². The molecular weight excluding hydrogens is 315 g/mol. The molecule has 0 amide bonds. The van der Waals surface area contributed by atoms with Crippen molar-refractivity contribution in [2.75, 3.05) is 52.9 Å². The van der Waals surface area contributed by atoms with Gasteiger partial charge in [-0.15, -0.1) is 0 Å². The summed E-state index contributed by atoms with van der Waals surface area (Å²) in [5, 5.41) is 0. The third kappa shape index (κ3) is 8.40. The van der Waals surface area contributed by atoms with Gasteiger partial charge in [-0.1, -0.05) is 18.2 Å². The van der Waals surface area contributed by atoms with E-state index in [4.69, 9.17) is 18.4 Å². The minimum Gasteiger partial charge on any atom is -0.377 e. The Kier molecular flexibility index (Phi) is 9.93. The largest absolute Gasteiger partial charge is 0.377 e. The number of ether oxygens (including phenoxy) is 3. The van der Waals surface area contributed by atoms with Gasteiger partial charge in [0.15, 0.2) is 0 Å². The third-order valence-electron chi connectivity index (χ3n) is 2.46. The van der Waals surface area contributed by atoms with E-state index in [1.807, 2.05) is 0 Å². The van der Waals surface area contributed by atoms with Crippen LogP contribution in [0.3, 0.4) is 0 Å². The van der Waals surface area contributed by atoms with Gasteiger partial charge in [-0.3, -0.25) is 4.18 Å². The Hall–Kier alpha value is -1.06. The van der Waals surface area contributed by atoms with Crippen LogP contribution in [0.5, 0.6) is 0 Å². The predicted octanol–water partition coefficient (Wildman–Crippen LogP) is 1.41. The van der Waals surface area contributed by atoms with Gasteiger partial charge in [0, 0.05) is 0 Å². The zero-order valence-corrected chi connectivity index (χ0v) is 13.1. The molecule has 8 heteroatoms. The summed E-state index contributed by atoms with van der Waals surface area (Å²) >= 11 is 0. The molecule has 0 fully saturated rings. The summed E-state index contributed by atoms with van der Waals surface area (Å²) in [7, 11) is -3.73. The van der Waals surface area contributed by atoms with Crippen molar-refractivity contribution in [3.63, 3.8) is 0 Å². The second kappa shape index (κ2) is 11.5. The average Bonchev–Trinajstić information content (AvgIpc) is 2.53. The van der Waals surface area contributed by atoms with Gasteiger partial charge in [0.25, 0.3) is 10.1 Å². The zero-order chi connectivity index (χ0) is 16.1. The summed E-state index contributed by atoms with van der Waals surface area (Å²) in [6, 6.07) is 7.91. The van der Waals surface area contributed by atoms with Crippen LogP contribution < -0.4 is 0 Å². The maximum Gasteiger partial charge on any atom is 0.297 e. The molecule has 1 aromatic rings. The van der Waals surface area contributed by atoms with Gasteiger partial charge >= 0.3 is 0 Å². The van der Waals surface area contributed by atoms with Crippen LogP contribution in [0, 0.1) is 0 Å². The second-order valence-electron chi connectivity index (χ2n) is 4.12. The van der Waals surface area contributed by atoms with Crippen molar-refractivity contribution >= 4 is 10.1 Å². The van der Waals surface area contributed by atoms with Crippen molar-refractivity contribution < 1.29 is 31.2 Å². The van der Waals surface area contributed by atoms with Crippen LogP contribution in [0.25, 0.3) is 0 Å². The van der Waals surface area contributed by atoms with E-state index >= 15 is 0 Å². The van der Waals surface area contributed by atoms with Crippen molar-refractivity contribution in [3.05, 3.63) is 30.3 Å². The van der Waals surface area contributed by atoms with Crippen LogP contribution in [0.1, 0.15) is 0 Å². The first-order valence-electron chi connectivity index (χ1n) is 6.90. The van der Waals surface area contributed by atoms with Gasteiger partial charge in [-0.05, 0) is 12.1 Å². The molecule has 0 unspecified atom stereocenters. The lowest BCUT2D eigenvalue weighted by atomic mass is 10.4. The van der Waals surface area contributed by atoms with Gasteiger partial charge in [0.05, 0.1) is 51.1 Å². The van der Waals surface area contributed by atoms with Gasteiger partial charge in [-0.25, -0.2) is 4.39 Å². The van der Waals surface area contributed by atoms with E-state index in [1.54, 1.807) is 18.2 Å². The molecule has 6 nitrogen and oxygen atoms in total. The number of hydrogen-bond donors (Lipinski definition) is 0. The Balaban J connectivity index is 1.99. The lowest BCUT2D eigenvalue weighted by Gasteiger charge is -2.07. The SMILES string of the molecule is O=S(=O)(OCCOCCOCCOCCF)c1ccccc1. The van der Waals surface area contributed by atoms with E-state index < -0.39 is 16.8 Å². The van der Waals surface area contributed by atoms with Crippen molar-refractivity contribution in [2.24, 2.45) is 0 Å². The average molecular weight is 336 g/mol. The summed E-state index contributed by atoms with van der Waals surface area (Å²) in [6.45, 7) is 1.03. The van der Waals surface area contributed by atoms with Crippen LogP contribution in [-0.2, 0) is 28.5 Å². The molecule has 0 aliphatic carbocycles. The van der Waals surface area contributed by atoms with E-state index in [0.29, 0.717) is 26.4 Å². The molecule has 0 heterocycles. The maximum absolute atomic E-state index is 11.7. The van der Waals surface area contributed by atoms with Gasteiger partial charge in [0.2, 0.25) is 0 Å². The molecule has 0 aliphatic rings. The molecule has 1 aromatic carbocycles. The van der Waals surface area contributed by atoms with Crippen molar-refractivity contribution in [1.29, 1.82) is 0 Å². The predicted molar refractivity (Wildman–Crippen MR) is 78.0 cm³/mol. The molecule has 0 atom stereocenters. The summed E-state index contributed by atoms with van der Waals surface area (Å²) < 4.78 is 55.3. The molecule has 126 valence electrons. The first-order valence-corrected chi connectivity index (χ1v) is 8.31. The number of halogens is 1. The molecule has 0 aromatic heterocycles. The first kappa shape index (κ1) is 19.0. The summed E-state index contributed by atoms with van der Waals surface area (Å²) in [4.78, 5) is 0.117. The number of rotatable bonds is 13. The van der Waals surface area contributed by atoms with Gasteiger partial charge in [-0.2, -0.15) is 8.42 Å². The molecule has 1 rings (SSSR count). The van der Waals surface area contributed by atoms with E-state index in [-0.39, 0.29) is 24.7 Å². The lowest BCUT2D eigenvalue weighted by molar-refractivity contribution is 0.00783. The van der Waals surface area contributed by atoms with Crippen LogP contribution in [0.15, 0.2) is 35.2 Å². The Morgan fingerprint density at radius 1 is 0.773 bits per heavy atom. The molecule has 0 radical (unpaired) electrons. The summed E-state index contributed by atoms with van der Waals surface area (Å²) in [5.41, 5.74) is 0. The normalized spacial score (nSPS) is 11.7. The van der Waals surface area contributed by atoms with Gasteiger partial charge in [0.1, 0.15) is 6.67 Å². The molecule has 22 heavy (non-hydrogen) atoms. The minimum atomic E-state index is -3.73.